The summed E-state index contributed by atoms with van der Waals surface area (Å²) in [6, 6.07) is 6.32. The van der Waals surface area contributed by atoms with Gasteiger partial charge in [-0.15, -0.1) is 11.3 Å². The summed E-state index contributed by atoms with van der Waals surface area (Å²) in [5.41, 5.74) is 0. The number of nitrogens with zero attached hydrogens (tertiary/aromatic N) is 2. The van der Waals surface area contributed by atoms with Crippen molar-refractivity contribution in [1.29, 1.82) is 0 Å². The van der Waals surface area contributed by atoms with Gasteiger partial charge in [0.15, 0.2) is 0 Å². The number of halogens is 3. The molecule has 0 saturated carbocycles. The molecule has 0 atom stereocenters. The standard InChI is InChI=1S/C12H5BrClFN2OS/c13-8-2-1-6(5-9(8)15)18-10-7-3-4-19-11(7)17-12(14)16-10/h1-5H. The second-order valence-corrected chi connectivity index (χ2v) is 5.70. The highest BCUT2D eigenvalue weighted by atomic mass is 79.9. The van der Waals surface area contributed by atoms with Gasteiger partial charge in [0.25, 0.3) is 0 Å². The molecule has 1 aromatic carbocycles. The van der Waals surface area contributed by atoms with E-state index < -0.39 is 5.82 Å². The third-order valence-electron chi connectivity index (χ3n) is 2.37. The maximum Gasteiger partial charge on any atom is 0.232 e. The van der Waals surface area contributed by atoms with Crippen molar-refractivity contribution < 1.29 is 9.13 Å². The summed E-state index contributed by atoms with van der Waals surface area (Å²) in [5, 5.41) is 2.71. The Morgan fingerprint density at radius 3 is 2.89 bits per heavy atom. The molecule has 0 spiro atoms. The van der Waals surface area contributed by atoms with Gasteiger partial charge in [-0.2, -0.15) is 4.98 Å². The third kappa shape index (κ3) is 2.56. The molecule has 3 aromatic rings. The molecule has 3 nitrogen and oxygen atoms in total. The van der Waals surface area contributed by atoms with E-state index in [4.69, 9.17) is 16.3 Å². The molecule has 0 aliphatic heterocycles. The summed E-state index contributed by atoms with van der Waals surface area (Å²) in [6.45, 7) is 0. The van der Waals surface area contributed by atoms with E-state index in [0.717, 1.165) is 10.2 Å². The predicted octanol–water partition coefficient (Wildman–Crippen LogP) is 5.04. The van der Waals surface area contributed by atoms with Crippen molar-refractivity contribution in [1.82, 2.24) is 9.97 Å². The van der Waals surface area contributed by atoms with Crippen molar-refractivity contribution in [3.05, 3.63) is 45.2 Å². The first-order chi connectivity index (χ1) is 9.13. The van der Waals surface area contributed by atoms with Crippen molar-refractivity contribution >= 4 is 49.1 Å². The molecule has 0 amide bonds. The molecule has 7 heteroatoms. The summed E-state index contributed by atoms with van der Waals surface area (Å²) < 4.78 is 19.4. The van der Waals surface area contributed by atoms with Crippen LogP contribution in [0.4, 0.5) is 4.39 Å². The number of hydrogen-bond acceptors (Lipinski definition) is 4. The fourth-order valence-electron chi connectivity index (χ4n) is 1.53. The van der Waals surface area contributed by atoms with Crippen LogP contribution in [0, 0.1) is 5.82 Å². The van der Waals surface area contributed by atoms with Crippen LogP contribution in [-0.4, -0.2) is 9.97 Å². The smallest absolute Gasteiger partial charge is 0.232 e. The first-order valence-electron chi connectivity index (χ1n) is 5.17. The minimum Gasteiger partial charge on any atom is -0.438 e. The first-order valence-corrected chi connectivity index (χ1v) is 7.22. The van der Waals surface area contributed by atoms with Crippen LogP contribution in [-0.2, 0) is 0 Å². The minimum absolute atomic E-state index is 0.0996. The fourth-order valence-corrected chi connectivity index (χ4v) is 2.75. The molecule has 3 rings (SSSR count). The quantitative estimate of drug-likeness (QED) is 0.601. The van der Waals surface area contributed by atoms with Crippen LogP contribution in [0.2, 0.25) is 5.28 Å². The molecule has 0 radical (unpaired) electrons. The topological polar surface area (TPSA) is 35.0 Å². The second-order valence-electron chi connectivity index (χ2n) is 3.62. The average molecular weight is 360 g/mol. The van der Waals surface area contributed by atoms with E-state index in [1.807, 2.05) is 11.4 Å². The molecule has 0 saturated heterocycles. The Bertz CT molecular complexity index is 765. The molecular formula is C12H5BrClFN2OS. The van der Waals surface area contributed by atoms with Crippen LogP contribution < -0.4 is 4.74 Å². The van der Waals surface area contributed by atoms with E-state index in [1.54, 1.807) is 12.1 Å². The Hall–Kier alpha value is -1.24. The SMILES string of the molecule is Fc1cc(Oc2nc(Cl)nc3sccc23)ccc1Br. The highest BCUT2D eigenvalue weighted by Gasteiger charge is 2.11. The summed E-state index contributed by atoms with van der Waals surface area (Å²) in [4.78, 5) is 8.84. The van der Waals surface area contributed by atoms with E-state index in [1.165, 1.54) is 17.4 Å². The highest BCUT2D eigenvalue weighted by molar-refractivity contribution is 9.10. The summed E-state index contributed by atoms with van der Waals surface area (Å²) in [5.74, 6) is 0.264. The lowest BCUT2D eigenvalue weighted by atomic mass is 10.3. The number of benzene rings is 1. The lowest BCUT2D eigenvalue weighted by molar-refractivity contribution is 0.463. The fraction of sp³-hybridized carbons (Fsp3) is 0. The van der Waals surface area contributed by atoms with Gasteiger partial charge >= 0.3 is 0 Å². The number of rotatable bonds is 2. The second kappa shape index (κ2) is 5.03. The summed E-state index contributed by atoms with van der Waals surface area (Å²) in [7, 11) is 0. The van der Waals surface area contributed by atoms with Crippen LogP contribution in [0.25, 0.3) is 10.2 Å². The molecular weight excluding hydrogens is 355 g/mol. The number of ether oxygens (including phenoxy) is 1. The van der Waals surface area contributed by atoms with Crippen LogP contribution in [0.5, 0.6) is 11.6 Å². The van der Waals surface area contributed by atoms with Crippen molar-refractivity contribution in [2.75, 3.05) is 0 Å². The maximum absolute atomic E-state index is 13.4. The van der Waals surface area contributed by atoms with Gasteiger partial charge < -0.3 is 4.74 Å². The van der Waals surface area contributed by atoms with Crippen molar-refractivity contribution in [3.8, 4) is 11.6 Å². The van der Waals surface area contributed by atoms with Gasteiger partial charge in [0.05, 0.1) is 9.86 Å². The normalized spacial score (nSPS) is 10.9. The Labute approximate surface area is 125 Å². The summed E-state index contributed by atoms with van der Waals surface area (Å²) >= 11 is 10.3. The van der Waals surface area contributed by atoms with E-state index in [9.17, 15) is 4.39 Å². The molecule has 2 heterocycles. The molecule has 0 aliphatic carbocycles. The number of aromatic nitrogens is 2. The van der Waals surface area contributed by atoms with Gasteiger partial charge in [-0.1, -0.05) is 0 Å². The Kier molecular flexibility index (Phi) is 3.38. The summed E-state index contributed by atoms with van der Waals surface area (Å²) in [6.07, 6.45) is 0. The highest BCUT2D eigenvalue weighted by Crippen LogP contribution is 2.32. The van der Waals surface area contributed by atoms with E-state index >= 15 is 0 Å². The van der Waals surface area contributed by atoms with Gasteiger partial charge in [0.1, 0.15) is 16.4 Å². The van der Waals surface area contributed by atoms with Gasteiger partial charge in [0.2, 0.25) is 11.2 Å². The Morgan fingerprint density at radius 1 is 1.26 bits per heavy atom. The zero-order chi connectivity index (χ0) is 13.4. The zero-order valence-corrected chi connectivity index (χ0v) is 12.4. The minimum atomic E-state index is -0.404. The lowest BCUT2D eigenvalue weighted by Crippen LogP contribution is -1.92. The predicted molar refractivity (Wildman–Crippen MR) is 76.6 cm³/mol. The van der Waals surface area contributed by atoms with E-state index in [2.05, 4.69) is 25.9 Å². The number of fused-ring (bicyclic) bond motifs is 1. The molecule has 96 valence electrons. The third-order valence-corrected chi connectivity index (χ3v) is 3.99. The molecule has 0 N–H and O–H groups in total. The van der Waals surface area contributed by atoms with Crippen LogP contribution >= 0.6 is 38.9 Å². The molecule has 0 aliphatic rings. The van der Waals surface area contributed by atoms with E-state index in [0.29, 0.717) is 16.1 Å². The zero-order valence-electron chi connectivity index (χ0n) is 9.23. The van der Waals surface area contributed by atoms with Gasteiger partial charge in [-0.25, -0.2) is 9.37 Å². The van der Waals surface area contributed by atoms with Gasteiger partial charge in [-0.05, 0) is 51.1 Å². The van der Waals surface area contributed by atoms with Crippen molar-refractivity contribution in [2.24, 2.45) is 0 Å². The van der Waals surface area contributed by atoms with Crippen LogP contribution in [0.3, 0.4) is 0 Å². The van der Waals surface area contributed by atoms with Gasteiger partial charge in [0, 0.05) is 6.07 Å². The number of thiophene rings is 1. The van der Waals surface area contributed by atoms with Crippen LogP contribution in [0.15, 0.2) is 34.1 Å². The largest absolute Gasteiger partial charge is 0.438 e. The monoisotopic (exact) mass is 358 g/mol. The molecule has 0 unspecified atom stereocenters. The Morgan fingerprint density at radius 2 is 2.11 bits per heavy atom. The average Bonchev–Trinajstić information content (AvgIpc) is 2.82. The maximum atomic E-state index is 13.4. The van der Waals surface area contributed by atoms with Crippen molar-refractivity contribution in [3.63, 3.8) is 0 Å². The molecule has 2 aromatic heterocycles. The number of hydrogen-bond donors (Lipinski definition) is 0. The van der Waals surface area contributed by atoms with Gasteiger partial charge in [-0.3, -0.25) is 0 Å². The first kappa shape index (κ1) is 12.8. The lowest BCUT2D eigenvalue weighted by Gasteiger charge is -2.06. The molecule has 19 heavy (non-hydrogen) atoms. The molecule has 0 bridgehead atoms. The van der Waals surface area contributed by atoms with Crippen LogP contribution in [0.1, 0.15) is 0 Å². The molecule has 0 fully saturated rings. The Balaban J connectivity index is 2.04. The van der Waals surface area contributed by atoms with E-state index in [-0.39, 0.29) is 5.28 Å². The van der Waals surface area contributed by atoms with Crippen molar-refractivity contribution in [2.45, 2.75) is 0 Å².